The summed E-state index contributed by atoms with van der Waals surface area (Å²) >= 11 is 6.27. The molecule has 0 unspecified atom stereocenters. The maximum absolute atomic E-state index is 12.3. The monoisotopic (exact) mass is 333 g/mol. The number of aryl methyl sites for hydroxylation is 1. The Bertz CT molecular complexity index is 734. The second-order valence-corrected chi connectivity index (χ2v) is 5.18. The molecule has 0 aromatic heterocycles. The highest BCUT2D eigenvalue weighted by Crippen LogP contribution is 2.32. The third-order valence-corrected chi connectivity index (χ3v) is 3.57. The molecular formula is C17H16ClNO4. The molecule has 23 heavy (non-hydrogen) atoms. The number of rotatable bonds is 3. The first kappa shape index (κ1) is 16.8. The lowest BCUT2D eigenvalue weighted by molar-refractivity contribution is -0.139. The summed E-state index contributed by atoms with van der Waals surface area (Å²) < 4.78 is 9.60. The van der Waals surface area contributed by atoms with Crippen molar-refractivity contribution in [3.05, 3.63) is 64.5 Å². The zero-order chi connectivity index (χ0) is 17.0. The van der Waals surface area contributed by atoms with Gasteiger partial charge in [0.1, 0.15) is 5.70 Å². The van der Waals surface area contributed by atoms with E-state index in [1.807, 2.05) is 19.1 Å². The minimum absolute atomic E-state index is 0.0388. The van der Waals surface area contributed by atoms with Crippen LogP contribution in [-0.2, 0) is 19.1 Å². The van der Waals surface area contributed by atoms with Gasteiger partial charge in [0.25, 0.3) is 0 Å². The van der Waals surface area contributed by atoms with Crippen molar-refractivity contribution in [1.82, 2.24) is 0 Å². The zero-order valence-corrected chi connectivity index (χ0v) is 13.8. The summed E-state index contributed by atoms with van der Waals surface area (Å²) in [7, 11) is 2.50. The SMILES string of the molecule is COC(=O)C1=C(C(=O)OC)N(c2cc(C)ccc2Cl)C=CC=C1. The predicted octanol–water partition coefficient (Wildman–Crippen LogP) is 3.14. The van der Waals surface area contributed by atoms with Gasteiger partial charge in [0.15, 0.2) is 0 Å². The van der Waals surface area contributed by atoms with Crippen molar-refractivity contribution in [2.45, 2.75) is 6.92 Å². The van der Waals surface area contributed by atoms with E-state index >= 15 is 0 Å². The number of hydrogen-bond donors (Lipinski definition) is 0. The van der Waals surface area contributed by atoms with Gasteiger partial charge in [-0.1, -0.05) is 23.7 Å². The molecule has 1 aliphatic rings. The molecule has 5 nitrogen and oxygen atoms in total. The topological polar surface area (TPSA) is 55.8 Å². The molecule has 0 radical (unpaired) electrons. The molecule has 0 saturated heterocycles. The summed E-state index contributed by atoms with van der Waals surface area (Å²) in [6.07, 6.45) is 6.47. The van der Waals surface area contributed by atoms with E-state index in [-0.39, 0.29) is 11.3 Å². The molecule has 1 aromatic carbocycles. The molecular weight excluding hydrogens is 318 g/mol. The van der Waals surface area contributed by atoms with Crippen LogP contribution >= 0.6 is 11.6 Å². The average Bonchev–Trinajstić information content (AvgIpc) is 2.78. The highest BCUT2D eigenvalue weighted by Gasteiger charge is 2.28. The van der Waals surface area contributed by atoms with E-state index < -0.39 is 11.9 Å². The molecule has 1 aromatic rings. The van der Waals surface area contributed by atoms with Crippen LogP contribution in [0.4, 0.5) is 5.69 Å². The number of halogens is 1. The van der Waals surface area contributed by atoms with Crippen molar-refractivity contribution in [2.24, 2.45) is 0 Å². The summed E-state index contributed by atoms with van der Waals surface area (Å²) in [5.74, 6) is -1.31. The molecule has 0 amide bonds. The number of esters is 2. The molecule has 0 saturated carbocycles. The van der Waals surface area contributed by atoms with Gasteiger partial charge in [-0.2, -0.15) is 0 Å². The van der Waals surface area contributed by atoms with E-state index in [4.69, 9.17) is 21.1 Å². The van der Waals surface area contributed by atoms with Crippen molar-refractivity contribution >= 4 is 29.2 Å². The van der Waals surface area contributed by atoms with Gasteiger partial charge in [0.05, 0.1) is 30.5 Å². The predicted molar refractivity (Wildman–Crippen MR) is 88.0 cm³/mol. The van der Waals surface area contributed by atoms with Gasteiger partial charge < -0.3 is 14.4 Å². The van der Waals surface area contributed by atoms with Crippen molar-refractivity contribution in [2.75, 3.05) is 19.1 Å². The molecule has 0 N–H and O–H groups in total. The number of ether oxygens (including phenoxy) is 2. The van der Waals surface area contributed by atoms with Gasteiger partial charge in [-0.3, -0.25) is 0 Å². The van der Waals surface area contributed by atoms with Gasteiger partial charge in [0, 0.05) is 6.20 Å². The third kappa shape index (κ3) is 3.46. The summed E-state index contributed by atoms with van der Waals surface area (Å²) in [5, 5.41) is 0.438. The van der Waals surface area contributed by atoms with Crippen LogP contribution in [0.1, 0.15) is 5.56 Å². The molecule has 0 aliphatic carbocycles. The Kier molecular flexibility index (Phi) is 5.24. The van der Waals surface area contributed by atoms with Crippen molar-refractivity contribution in [3.63, 3.8) is 0 Å². The van der Waals surface area contributed by atoms with Crippen molar-refractivity contribution < 1.29 is 19.1 Å². The van der Waals surface area contributed by atoms with Crippen LogP contribution in [0.3, 0.4) is 0 Å². The average molecular weight is 334 g/mol. The first-order valence-electron chi connectivity index (χ1n) is 6.80. The fourth-order valence-electron chi connectivity index (χ4n) is 2.16. The highest BCUT2D eigenvalue weighted by molar-refractivity contribution is 6.33. The zero-order valence-electron chi connectivity index (χ0n) is 13.0. The van der Waals surface area contributed by atoms with E-state index in [0.29, 0.717) is 10.7 Å². The number of methoxy groups -OCH3 is 2. The largest absolute Gasteiger partial charge is 0.465 e. The van der Waals surface area contributed by atoms with Crippen LogP contribution in [0.25, 0.3) is 0 Å². The lowest BCUT2D eigenvalue weighted by Crippen LogP contribution is -2.27. The molecule has 0 fully saturated rings. The number of carbonyl (C=O) groups excluding carboxylic acids is 2. The fraction of sp³-hybridized carbons (Fsp3) is 0.176. The van der Waals surface area contributed by atoms with Crippen LogP contribution in [0, 0.1) is 6.92 Å². The second kappa shape index (κ2) is 7.15. The van der Waals surface area contributed by atoms with Crippen molar-refractivity contribution in [3.8, 4) is 0 Å². The van der Waals surface area contributed by atoms with E-state index in [1.165, 1.54) is 25.2 Å². The van der Waals surface area contributed by atoms with Gasteiger partial charge in [-0.05, 0) is 36.8 Å². The smallest absolute Gasteiger partial charge is 0.355 e. The Hall–Kier alpha value is -2.53. The molecule has 6 heteroatoms. The van der Waals surface area contributed by atoms with E-state index in [0.717, 1.165) is 5.56 Å². The van der Waals surface area contributed by atoms with Gasteiger partial charge in [-0.25, -0.2) is 9.59 Å². The maximum Gasteiger partial charge on any atom is 0.355 e. The number of benzene rings is 1. The van der Waals surface area contributed by atoms with Crippen LogP contribution in [0.5, 0.6) is 0 Å². The Morgan fingerprint density at radius 2 is 1.78 bits per heavy atom. The van der Waals surface area contributed by atoms with E-state index in [2.05, 4.69) is 0 Å². The van der Waals surface area contributed by atoms with Crippen molar-refractivity contribution in [1.29, 1.82) is 0 Å². The second-order valence-electron chi connectivity index (χ2n) is 4.77. The number of carbonyl (C=O) groups is 2. The van der Waals surface area contributed by atoms with Crippen LogP contribution in [-0.4, -0.2) is 26.2 Å². The Morgan fingerprint density at radius 1 is 1.09 bits per heavy atom. The molecule has 1 heterocycles. The summed E-state index contributed by atoms with van der Waals surface area (Å²) in [5.41, 5.74) is 1.64. The molecule has 0 spiro atoms. The maximum atomic E-state index is 12.3. The van der Waals surface area contributed by atoms with Crippen LogP contribution in [0.2, 0.25) is 5.02 Å². The highest BCUT2D eigenvalue weighted by atomic mass is 35.5. The number of nitrogens with zero attached hydrogens (tertiary/aromatic N) is 1. The Labute approximate surface area is 139 Å². The quantitative estimate of drug-likeness (QED) is 0.795. The van der Waals surface area contributed by atoms with Gasteiger partial charge in [-0.15, -0.1) is 0 Å². The first-order chi connectivity index (χ1) is 11.0. The van der Waals surface area contributed by atoms with Gasteiger partial charge in [0.2, 0.25) is 0 Å². The minimum Gasteiger partial charge on any atom is -0.465 e. The minimum atomic E-state index is -0.667. The van der Waals surface area contributed by atoms with Gasteiger partial charge >= 0.3 is 11.9 Å². The fourth-order valence-corrected chi connectivity index (χ4v) is 2.37. The van der Waals surface area contributed by atoms with E-state index in [1.54, 1.807) is 24.4 Å². The molecule has 120 valence electrons. The molecule has 0 atom stereocenters. The summed E-state index contributed by atoms with van der Waals surface area (Å²) in [6, 6.07) is 5.40. The third-order valence-electron chi connectivity index (χ3n) is 3.25. The number of hydrogen-bond acceptors (Lipinski definition) is 5. The summed E-state index contributed by atoms with van der Waals surface area (Å²) in [4.78, 5) is 25.9. The standard InChI is InChI=1S/C17H16ClNO4/c1-11-7-8-13(18)14(10-11)19-9-5-4-6-12(16(20)22-2)15(19)17(21)23-3/h4-10H,1-3H3. The first-order valence-corrected chi connectivity index (χ1v) is 7.18. The van der Waals surface area contributed by atoms with E-state index in [9.17, 15) is 9.59 Å². The summed E-state index contributed by atoms with van der Waals surface area (Å²) in [6.45, 7) is 1.91. The molecule has 0 bridgehead atoms. The number of allylic oxidation sites excluding steroid dienone is 2. The van der Waals surface area contributed by atoms with Crippen LogP contribution < -0.4 is 4.90 Å². The lowest BCUT2D eigenvalue weighted by Gasteiger charge is -2.24. The van der Waals surface area contributed by atoms with Crippen LogP contribution in [0.15, 0.2) is 53.9 Å². The normalized spacial score (nSPS) is 13.8. The number of anilines is 1. The Morgan fingerprint density at radius 3 is 2.43 bits per heavy atom. The molecule has 1 aliphatic heterocycles. The molecule has 2 rings (SSSR count). The lowest BCUT2D eigenvalue weighted by atomic mass is 10.1. The Balaban J connectivity index is 2.71.